The molecule has 110 valence electrons. The monoisotopic (exact) mass is 337 g/mol. The van der Waals surface area contributed by atoms with Gasteiger partial charge in [0.05, 0.1) is 6.42 Å². The van der Waals surface area contributed by atoms with E-state index in [-0.39, 0.29) is 11.4 Å². The molecule has 1 amide bonds. The summed E-state index contributed by atoms with van der Waals surface area (Å²) in [5.41, 5.74) is 2.27. The molecule has 0 radical (unpaired) electrons. The number of rotatable bonds is 4. The standard InChI is InChI=1S/C17H24BrNO/c1-13-6-5-9-17(11-13,12-18)19-16(20)10-15-8-4-3-7-14(15)2/h3-4,7-8,13H,5-6,9-12H2,1-2H3,(H,19,20). The van der Waals surface area contributed by atoms with Gasteiger partial charge in [0.15, 0.2) is 0 Å². The number of carbonyl (C=O) groups is 1. The summed E-state index contributed by atoms with van der Waals surface area (Å²) in [6.45, 7) is 4.34. The first-order valence-electron chi connectivity index (χ1n) is 7.46. The summed E-state index contributed by atoms with van der Waals surface area (Å²) in [6, 6.07) is 8.11. The molecule has 3 heteroatoms. The van der Waals surface area contributed by atoms with E-state index in [0.717, 1.165) is 23.7 Å². The zero-order chi connectivity index (χ0) is 14.6. The van der Waals surface area contributed by atoms with Gasteiger partial charge in [0, 0.05) is 10.9 Å². The SMILES string of the molecule is Cc1ccccc1CC(=O)NC1(CBr)CCCC(C)C1. The van der Waals surface area contributed by atoms with Crippen LogP contribution in [0.1, 0.15) is 43.7 Å². The number of hydrogen-bond donors (Lipinski definition) is 1. The third-order valence-corrected chi connectivity index (χ3v) is 5.44. The Hall–Kier alpha value is -0.830. The van der Waals surface area contributed by atoms with Gasteiger partial charge in [-0.15, -0.1) is 0 Å². The summed E-state index contributed by atoms with van der Waals surface area (Å²) in [5.74, 6) is 0.841. The van der Waals surface area contributed by atoms with E-state index in [1.807, 2.05) is 18.2 Å². The molecule has 0 aromatic heterocycles. The van der Waals surface area contributed by atoms with Gasteiger partial charge in [0.2, 0.25) is 5.91 Å². The first kappa shape index (κ1) is 15.6. The maximum Gasteiger partial charge on any atom is 0.224 e. The first-order chi connectivity index (χ1) is 9.54. The summed E-state index contributed by atoms with van der Waals surface area (Å²) in [6.07, 6.45) is 5.13. The highest BCUT2D eigenvalue weighted by Crippen LogP contribution is 2.33. The van der Waals surface area contributed by atoms with E-state index in [2.05, 4.69) is 41.2 Å². The number of aryl methyl sites for hydroxylation is 1. The normalized spacial score (nSPS) is 26.2. The Morgan fingerprint density at radius 3 is 2.85 bits per heavy atom. The number of hydrogen-bond acceptors (Lipinski definition) is 1. The maximum absolute atomic E-state index is 12.4. The van der Waals surface area contributed by atoms with Crippen molar-refractivity contribution in [1.82, 2.24) is 5.32 Å². The zero-order valence-corrected chi connectivity index (χ0v) is 14.0. The van der Waals surface area contributed by atoms with E-state index >= 15 is 0 Å². The van der Waals surface area contributed by atoms with Gasteiger partial charge in [-0.1, -0.05) is 60.0 Å². The Morgan fingerprint density at radius 2 is 2.20 bits per heavy atom. The van der Waals surface area contributed by atoms with Crippen molar-refractivity contribution in [3.05, 3.63) is 35.4 Å². The third kappa shape index (κ3) is 3.85. The molecule has 2 nitrogen and oxygen atoms in total. The van der Waals surface area contributed by atoms with Crippen LogP contribution in [0.3, 0.4) is 0 Å². The molecule has 2 atom stereocenters. The Labute approximate surface area is 130 Å². The average molecular weight is 338 g/mol. The van der Waals surface area contributed by atoms with Crippen LogP contribution in [-0.4, -0.2) is 16.8 Å². The van der Waals surface area contributed by atoms with Gasteiger partial charge in [0.1, 0.15) is 0 Å². The second kappa shape index (κ2) is 6.75. The van der Waals surface area contributed by atoms with E-state index in [4.69, 9.17) is 0 Å². The van der Waals surface area contributed by atoms with Crippen LogP contribution in [0.25, 0.3) is 0 Å². The highest BCUT2D eigenvalue weighted by Gasteiger charge is 2.35. The molecule has 1 saturated carbocycles. The highest BCUT2D eigenvalue weighted by atomic mass is 79.9. The van der Waals surface area contributed by atoms with Crippen molar-refractivity contribution in [2.75, 3.05) is 5.33 Å². The smallest absolute Gasteiger partial charge is 0.224 e. The Morgan fingerprint density at radius 1 is 1.45 bits per heavy atom. The molecule has 1 aromatic carbocycles. The van der Waals surface area contributed by atoms with Crippen molar-refractivity contribution in [3.63, 3.8) is 0 Å². The highest BCUT2D eigenvalue weighted by molar-refractivity contribution is 9.09. The number of benzene rings is 1. The van der Waals surface area contributed by atoms with Gasteiger partial charge < -0.3 is 5.32 Å². The number of nitrogens with one attached hydrogen (secondary N) is 1. The second-order valence-corrected chi connectivity index (χ2v) is 6.83. The van der Waals surface area contributed by atoms with Crippen molar-refractivity contribution in [2.45, 2.75) is 51.5 Å². The summed E-state index contributed by atoms with van der Waals surface area (Å²) >= 11 is 3.61. The minimum Gasteiger partial charge on any atom is -0.350 e. The fourth-order valence-corrected chi connectivity index (χ4v) is 3.90. The minimum absolute atomic E-state index is 0.0442. The predicted molar refractivity (Wildman–Crippen MR) is 87.2 cm³/mol. The van der Waals surface area contributed by atoms with Crippen molar-refractivity contribution in [2.24, 2.45) is 5.92 Å². The molecule has 2 unspecified atom stereocenters. The molecule has 0 heterocycles. The molecule has 1 aromatic rings. The Bertz CT molecular complexity index is 474. The molecular weight excluding hydrogens is 314 g/mol. The second-order valence-electron chi connectivity index (χ2n) is 6.27. The lowest BCUT2D eigenvalue weighted by atomic mass is 9.77. The lowest BCUT2D eigenvalue weighted by molar-refractivity contribution is -0.122. The van der Waals surface area contributed by atoms with Crippen molar-refractivity contribution >= 4 is 21.8 Å². The van der Waals surface area contributed by atoms with Gasteiger partial charge in [-0.2, -0.15) is 0 Å². The summed E-state index contributed by atoms with van der Waals surface area (Å²) < 4.78 is 0. The fourth-order valence-electron chi connectivity index (χ4n) is 3.25. The van der Waals surface area contributed by atoms with Crippen LogP contribution in [0.5, 0.6) is 0 Å². The molecule has 2 rings (SSSR count). The summed E-state index contributed by atoms with van der Waals surface area (Å²) in [5, 5.41) is 4.15. The molecule has 0 spiro atoms. The lowest BCUT2D eigenvalue weighted by Gasteiger charge is -2.39. The summed E-state index contributed by atoms with van der Waals surface area (Å²) in [7, 11) is 0. The molecule has 1 aliphatic carbocycles. The maximum atomic E-state index is 12.4. The van der Waals surface area contributed by atoms with Crippen LogP contribution < -0.4 is 5.32 Å². The molecule has 1 aliphatic rings. The molecule has 0 saturated heterocycles. The van der Waals surface area contributed by atoms with Gasteiger partial charge in [-0.25, -0.2) is 0 Å². The van der Waals surface area contributed by atoms with Gasteiger partial charge in [-0.3, -0.25) is 4.79 Å². The van der Waals surface area contributed by atoms with Gasteiger partial charge in [0.25, 0.3) is 0 Å². The van der Waals surface area contributed by atoms with Crippen molar-refractivity contribution in [3.8, 4) is 0 Å². The van der Waals surface area contributed by atoms with Crippen molar-refractivity contribution in [1.29, 1.82) is 0 Å². The van der Waals surface area contributed by atoms with E-state index in [1.54, 1.807) is 0 Å². The number of carbonyl (C=O) groups excluding carboxylic acids is 1. The molecule has 1 N–H and O–H groups in total. The Balaban J connectivity index is 2.01. The van der Waals surface area contributed by atoms with Gasteiger partial charge >= 0.3 is 0 Å². The number of halogens is 1. The largest absolute Gasteiger partial charge is 0.350 e. The molecule has 0 bridgehead atoms. The fraction of sp³-hybridized carbons (Fsp3) is 0.588. The minimum atomic E-state index is -0.0442. The van der Waals surface area contributed by atoms with Crippen LogP contribution in [0.4, 0.5) is 0 Å². The topological polar surface area (TPSA) is 29.1 Å². The van der Waals surface area contributed by atoms with E-state index < -0.39 is 0 Å². The molecule has 0 aliphatic heterocycles. The summed E-state index contributed by atoms with van der Waals surface area (Å²) in [4.78, 5) is 12.4. The Kier molecular flexibility index (Phi) is 5.25. The van der Waals surface area contributed by atoms with Crippen LogP contribution in [0.2, 0.25) is 0 Å². The molecule has 1 fully saturated rings. The van der Waals surface area contributed by atoms with Gasteiger partial charge in [-0.05, 0) is 36.8 Å². The van der Waals surface area contributed by atoms with E-state index in [0.29, 0.717) is 12.3 Å². The molecular formula is C17H24BrNO. The first-order valence-corrected chi connectivity index (χ1v) is 8.58. The lowest BCUT2D eigenvalue weighted by Crippen LogP contribution is -2.53. The van der Waals surface area contributed by atoms with Crippen molar-refractivity contribution < 1.29 is 4.79 Å². The molecule has 20 heavy (non-hydrogen) atoms. The number of amides is 1. The quantitative estimate of drug-likeness (QED) is 0.826. The van der Waals surface area contributed by atoms with Crippen LogP contribution >= 0.6 is 15.9 Å². The third-order valence-electron chi connectivity index (χ3n) is 4.36. The van der Waals surface area contributed by atoms with Crippen LogP contribution in [-0.2, 0) is 11.2 Å². The predicted octanol–water partition coefficient (Wildman–Crippen LogP) is 4.00. The van der Waals surface area contributed by atoms with E-state index in [9.17, 15) is 4.79 Å². The number of alkyl halides is 1. The van der Waals surface area contributed by atoms with Crippen LogP contribution in [0.15, 0.2) is 24.3 Å². The van der Waals surface area contributed by atoms with E-state index in [1.165, 1.54) is 18.4 Å². The average Bonchev–Trinajstić information content (AvgIpc) is 2.41. The van der Waals surface area contributed by atoms with Crippen LogP contribution in [0, 0.1) is 12.8 Å². The zero-order valence-electron chi connectivity index (χ0n) is 12.4.